The van der Waals surface area contributed by atoms with Gasteiger partial charge in [0.05, 0.1) is 18.2 Å². The third-order valence-electron chi connectivity index (χ3n) is 25.3. The van der Waals surface area contributed by atoms with Crippen LogP contribution in [0.1, 0.15) is 238 Å². The van der Waals surface area contributed by atoms with Crippen LogP contribution in [-0.4, -0.2) is 46.7 Å². The zero-order chi connectivity index (χ0) is 52.4. The van der Waals surface area contributed by atoms with Crippen molar-refractivity contribution in [3.8, 4) is 0 Å². The Morgan fingerprint density at radius 2 is 1.38 bits per heavy atom. The molecule has 0 radical (unpaired) electrons. The number of fused-ring (bicyclic) bond motifs is 6. The number of allylic oxidation sites excluding steroid dienone is 13. The molecule has 0 aromatic rings. The first kappa shape index (κ1) is 54.2. The molecule has 13 rings (SSSR count). The first-order chi connectivity index (χ1) is 38.6. The van der Waals surface area contributed by atoms with Gasteiger partial charge in [0.15, 0.2) is 0 Å². The van der Waals surface area contributed by atoms with Crippen LogP contribution in [0.25, 0.3) is 0 Å². The summed E-state index contributed by atoms with van der Waals surface area (Å²) in [6.07, 6.45) is 82.8. The number of rotatable bonds is 16. The fourth-order valence-corrected chi connectivity index (χ4v) is 21.4. The van der Waals surface area contributed by atoms with Crippen molar-refractivity contribution >= 4 is 0 Å². The molecule has 1 aliphatic heterocycles. The maximum atomic E-state index is 6.72. The number of nitrogens with zero attached hydrogens (tertiary/aromatic N) is 2. The second-order valence-corrected chi connectivity index (χ2v) is 28.9. The van der Waals surface area contributed by atoms with Gasteiger partial charge in [-0.05, 0) is 250 Å². The second-order valence-electron chi connectivity index (χ2n) is 28.9. The monoisotopic (exact) mass is 1050 g/mol. The van der Waals surface area contributed by atoms with Gasteiger partial charge >= 0.3 is 0 Å². The van der Waals surface area contributed by atoms with Crippen molar-refractivity contribution in [2.24, 2.45) is 70.5 Å². The second kappa shape index (κ2) is 24.8. The van der Waals surface area contributed by atoms with E-state index in [-0.39, 0.29) is 0 Å². The summed E-state index contributed by atoms with van der Waals surface area (Å²) >= 11 is 0. The summed E-state index contributed by atoms with van der Waals surface area (Å²) < 4.78 is 6.72. The summed E-state index contributed by atoms with van der Waals surface area (Å²) in [4.78, 5) is 6.18. The summed E-state index contributed by atoms with van der Waals surface area (Å²) in [6, 6.07) is 2.31. The van der Waals surface area contributed by atoms with Gasteiger partial charge in [-0.3, -0.25) is 0 Å². The van der Waals surface area contributed by atoms with Gasteiger partial charge in [-0.2, -0.15) is 0 Å². The number of hydrogen-bond donors (Lipinski definition) is 0. The van der Waals surface area contributed by atoms with Crippen LogP contribution >= 0.6 is 0 Å². The highest BCUT2D eigenvalue weighted by molar-refractivity contribution is 5.38. The Kier molecular flexibility index (Phi) is 17.3. The van der Waals surface area contributed by atoms with Crippen LogP contribution in [0.4, 0.5) is 0 Å². The van der Waals surface area contributed by atoms with E-state index in [9.17, 15) is 0 Å². The zero-order valence-electron chi connectivity index (χ0n) is 49.3. The largest absolute Gasteiger partial charge is 0.378 e. The van der Waals surface area contributed by atoms with E-state index in [2.05, 4.69) is 95.9 Å². The molecule has 78 heavy (non-hydrogen) atoms. The smallest absolute Gasteiger partial charge is 0.0575 e. The predicted octanol–water partition coefficient (Wildman–Crippen LogP) is 19.8. The topological polar surface area (TPSA) is 15.7 Å². The SMILES string of the molecule is C=CC1CC=C(C2CC=C(N3C4CCCC=C4C4C=C(C5CC=C(N(C6C=CC=C(C7CCCCC7)C6)C6C=CC7C8CCCCC8C(CCCCOC8CCC(C=C)CC8)(C8CCCCC8)C7C6)CC5)CCC43)CC2)CC1. The first-order valence-corrected chi connectivity index (χ1v) is 34.5. The summed E-state index contributed by atoms with van der Waals surface area (Å²) in [5, 5.41) is 0. The fourth-order valence-electron chi connectivity index (χ4n) is 21.4. The number of unbranched alkanes of at least 4 members (excludes halogenated alkanes) is 1. The lowest BCUT2D eigenvalue weighted by molar-refractivity contribution is -0.0242. The summed E-state index contributed by atoms with van der Waals surface area (Å²) in [5.41, 5.74) is 11.1. The Bertz CT molecular complexity index is 2350. The number of hydrogen-bond acceptors (Lipinski definition) is 3. The fraction of sp³-hybridized carbons (Fsp3) is 0.733. The molecule has 3 heteroatoms. The minimum Gasteiger partial charge on any atom is -0.378 e. The van der Waals surface area contributed by atoms with Gasteiger partial charge in [-0.15, -0.1) is 13.2 Å². The van der Waals surface area contributed by atoms with Gasteiger partial charge in [0.25, 0.3) is 0 Å². The van der Waals surface area contributed by atoms with Crippen molar-refractivity contribution in [2.75, 3.05) is 6.61 Å². The van der Waals surface area contributed by atoms with E-state index in [0.717, 1.165) is 48.0 Å². The Balaban J connectivity index is 0.748. The van der Waals surface area contributed by atoms with Crippen LogP contribution < -0.4 is 0 Å². The third-order valence-corrected chi connectivity index (χ3v) is 25.3. The molecule has 0 aromatic carbocycles. The maximum Gasteiger partial charge on any atom is 0.0575 e. The van der Waals surface area contributed by atoms with E-state index in [0.29, 0.717) is 59.4 Å². The van der Waals surface area contributed by atoms with Crippen molar-refractivity contribution < 1.29 is 4.74 Å². The molecule has 3 nitrogen and oxygen atoms in total. The van der Waals surface area contributed by atoms with E-state index in [1.807, 2.05) is 11.1 Å². The number of ether oxygens (including phenoxy) is 1. The van der Waals surface area contributed by atoms with Crippen LogP contribution in [0.3, 0.4) is 0 Å². The van der Waals surface area contributed by atoms with Gasteiger partial charge in [-0.25, -0.2) is 0 Å². The standard InChI is InChI=1S/C75H108N2O/c1-3-53-28-32-56(33-29-53)57-34-41-63(42-35-57)77-73-27-14-12-25-69(73)70-51-60(38-47-74(70)77)58-36-39-62(40-37-58)76(64-23-17-20-59(50-64)55-18-7-5-8-19-55)65-43-46-68-67-24-11-13-26-71(67)75(72(68)52-65,61-21-9-6-10-22-61)48-15-16-49-78-66-44-30-54(4-2)31-45-66/h3-4,17,20,23,25,32,39,41,43,46,51,53-55,57-58,61,64-68,70-74H,1-2,5-16,18-19,21-22,24,26-31,33-38,40,42,44-45,47-50,52H2. The normalized spacial score (nSPS) is 40.2. The van der Waals surface area contributed by atoms with E-state index >= 15 is 0 Å². The lowest BCUT2D eigenvalue weighted by atomic mass is 9.54. The molecule has 0 bridgehead atoms. The van der Waals surface area contributed by atoms with Crippen molar-refractivity contribution in [1.29, 1.82) is 0 Å². The van der Waals surface area contributed by atoms with Gasteiger partial charge < -0.3 is 14.5 Å². The average molecular weight is 1050 g/mol. The van der Waals surface area contributed by atoms with Crippen molar-refractivity contribution in [1.82, 2.24) is 9.80 Å². The van der Waals surface area contributed by atoms with E-state index in [4.69, 9.17) is 4.74 Å². The van der Waals surface area contributed by atoms with Crippen molar-refractivity contribution in [3.05, 3.63) is 120 Å². The molecule has 12 aliphatic carbocycles. The van der Waals surface area contributed by atoms with E-state index in [1.54, 1.807) is 22.5 Å². The Hall–Kier alpha value is -3.04. The molecule has 1 saturated heterocycles. The highest BCUT2D eigenvalue weighted by Gasteiger charge is 2.62. The molecular formula is C75H108N2O. The molecule has 0 amide bonds. The molecule has 424 valence electrons. The Morgan fingerprint density at radius 3 is 2.17 bits per heavy atom. The van der Waals surface area contributed by atoms with Crippen molar-refractivity contribution in [3.63, 3.8) is 0 Å². The Labute approximate surface area is 476 Å². The molecule has 13 atom stereocenters. The van der Waals surface area contributed by atoms with E-state index in [1.165, 1.54) is 238 Å². The first-order valence-electron chi connectivity index (χ1n) is 34.5. The minimum atomic E-state index is 0.482. The van der Waals surface area contributed by atoms with Crippen LogP contribution in [0.5, 0.6) is 0 Å². The predicted molar refractivity (Wildman–Crippen MR) is 327 cm³/mol. The lowest BCUT2D eigenvalue weighted by Crippen LogP contribution is -2.49. The molecule has 13 unspecified atom stereocenters. The minimum absolute atomic E-state index is 0.482. The van der Waals surface area contributed by atoms with Crippen LogP contribution in [0.15, 0.2) is 120 Å². The summed E-state index contributed by atoms with van der Waals surface area (Å²) in [7, 11) is 0. The van der Waals surface area contributed by atoms with Crippen molar-refractivity contribution in [2.45, 2.75) is 268 Å². The quantitative estimate of drug-likeness (QED) is 0.113. The van der Waals surface area contributed by atoms with Gasteiger partial charge in [-0.1, -0.05) is 147 Å². The molecule has 0 aromatic heterocycles. The highest BCUT2D eigenvalue weighted by atomic mass is 16.5. The van der Waals surface area contributed by atoms with Gasteiger partial charge in [0.2, 0.25) is 0 Å². The van der Waals surface area contributed by atoms with E-state index < -0.39 is 0 Å². The zero-order valence-corrected chi connectivity index (χ0v) is 49.3. The lowest BCUT2D eigenvalue weighted by Gasteiger charge is -2.53. The number of likely N-dealkylation sites (tertiary alicyclic amines) is 1. The van der Waals surface area contributed by atoms with Crippen LogP contribution in [0, 0.1) is 70.5 Å². The average Bonchev–Trinajstić information content (AvgIpc) is 4.24. The summed E-state index contributed by atoms with van der Waals surface area (Å²) in [5.74, 6) is 8.70. The molecule has 13 aliphatic rings. The van der Waals surface area contributed by atoms with Gasteiger partial charge in [0.1, 0.15) is 0 Å². The molecule has 0 spiro atoms. The molecule has 5 saturated carbocycles. The third kappa shape index (κ3) is 10.9. The molecular weight excluding hydrogens is 945 g/mol. The molecule has 6 fully saturated rings. The van der Waals surface area contributed by atoms with Gasteiger partial charge in [0, 0.05) is 36.0 Å². The molecule has 1 heterocycles. The van der Waals surface area contributed by atoms with Crippen LogP contribution in [0.2, 0.25) is 0 Å². The Morgan fingerprint density at radius 1 is 0.603 bits per heavy atom. The van der Waals surface area contributed by atoms with Crippen LogP contribution in [-0.2, 0) is 4.74 Å². The maximum absolute atomic E-state index is 6.72. The summed E-state index contributed by atoms with van der Waals surface area (Å²) in [6.45, 7) is 9.21. The molecule has 0 N–H and O–H groups in total. The highest BCUT2D eigenvalue weighted by Crippen LogP contribution is 2.69.